The molecule has 6 heteroatoms. The normalized spacial score (nSPS) is 17.2. The minimum Gasteiger partial charge on any atom is -0.170 e. The third-order valence-electron chi connectivity index (χ3n) is 2.23. The van der Waals surface area contributed by atoms with E-state index >= 15 is 0 Å². The molecule has 0 aromatic carbocycles. The van der Waals surface area contributed by atoms with Crippen molar-refractivity contribution in [2.45, 2.75) is 39.5 Å². The maximum atomic E-state index is 12.5. The van der Waals surface area contributed by atoms with Crippen LogP contribution in [0.4, 0.5) is 26.3 Å². The highest BCUT2D eigenvalue weighted by Crippen LogP contribution is 2.33. The van der Waals surface area contributed by atoms with Crippen LogP contribution in [-0.2, 0) is 0 Å². The Morgan fingerprint density at radius 1 is 1.12 bits per heavy atom. The third kappa shape index (κ3) is 5.79. The monoisotopic (exact) mass is 260 g/mol. The molecule has 0 amide bonds. The number of hydrogen-bond acceptors (Lipinski definition) is 0. The first kappa shape index (κ1) is 16.1. The molecule has 0 rings (SSSR count). The van der Waals surface area contributed by atoms with E-state index in [9.17, 15) is 26.3 Å². The van der Waals surface area contributed by atoms with Gasteiger partial charge in [0.15, 0.2) is 0 Å². The van der Waals surface area contributed by atoms with Gasteiger partial charge in [-0.15, -0.1) is 0 Å². The summed E-state index contributed by atoms with van der Waals surface area (Å²) in [5.74, 6) is -2.12. The SMILES string of the molecule is CC/C(C)=C/C(=C\C(C)C(F)(F)F)C(F)(F)F. The van der Waals surface area contributed by atoms with Gasteiger partial charge in [-0.25, -0.2) is 0 Å². The van der Waals surface area contributed by atoms with Crippen molar-refractivity contribution in [1.29, 1.82) is 0 Å². The molecular weight excluding hydrogens is 246 g/mol. The minimum absolute atomic E-state index is 0.208. The molecule has 17 heavy (non-hydrogen) atoms. The topological polar surface area (TPSA) is 0 Å². The van der Waals surface area contributed by atoms with Crippen LogP contribution in [-0.4, -0.2) is 12.4 Å². The van der Waals surface area contributed by atoms with E-state index in [2.05, 4.69) is 0 Å². The van der Waals surface area contributed by atoms with E-state index in [0.29, 0.717) is 18.9 Å². The first-order valence-corrected chi connectivity index (χ1v) is 5.01. The highest BCUT2D eigenvalue weighted by atomic mass is 19.4. The first-order valence-electron chi connectivity index (χ1n) is 5.01. The summed E-state index contributed by atoms with van der Waals surface area (Å²) in [6.45, 7) is 3.77. The Hall–Kier alpha value is -0.940. The van der Waals surface area contributed by atoms with Gasteiger partial charge in [0, 0.05) is 0 Å². The molecule has 100 valence electrons. The molecule has 0 saturated heterocycles. The highest BCUT2D eigenvalue weighted by Gasteiger charge is 2.38. The van der Waals surface area contributed by atoms with Crippen LogP contribution in [0.25, 0.3) is 0 Å². The van der Waals surface area contributed by atoms with Gasteiger partial charge < -0.3 is 0 Å². The van der Waals surface area contributed by atoms with Crippen LogP contribution in [0.3, 0.4) is 0 Å². The van der Waals surface area contributed by atoms with Gasteiger partial charge in [0.05, 0.1) is 11.5 Å². The molecule has 0 saturated carbocycles. The van der Waals surface area contributed by atoms with Crippen molar-refractivity contribution in [3.8, 4) is 0 Å². The molecule has 0 radical (unpaired) electrons. The first-order chi connectivity index (χ1) is 7.48. The molecule has 1 unspecified atom stereocenters. The van der Waals surface area contributed by atoms with Gasteiger partial charge in [-0.1, -0.05) is 31.6 Å². The van der Waals surface area contributed by atoms with Gasteiger partial charge in [-0.2, -0.15) is 26.3 Å². The van der Waals surface area contributed by atoms with E-state index in [1.54, 1.807) is 6.92 Å². The summed E-state index contributed by atoms with van der Waals surface area (Å²) < 4.78 is 74.0. The molecule has 0 aliphatic rings. The predicted octanol–water partition coefficient (Wildman–Crippen LogP) is 5.03. The van der Waals surface area contributed by atoms with Crippen molar-refractivity contribution in [3.05, 3.63) is 23.3 Å². The Bertz CT molecular complexity index is 305. The maximum absolute atomic E-state index is 12.5. The summed E-state index contributed by atoms with van der Waals surface area (Å²) in [6.07, 6.45) is -8.12. The lowest BCUT2D eigenvalue weighted by molar-refractivity contribution is -0.157. The number of allylic oxidation sites excluding steroid dienone is 4. The van der Waals surface area contributed by atoms with Crippen molar-refractivity contribution in [3.63, 3.8) is 0 Å². The van der Waals surface area contributed by atoms with E-state index in [-0.39, 0.29) is 6.08 Å². The molecule has 0 nitrogen and oxygen atoms in total. The molecule has 0 aromatic heterocycles. The molecule has 1 atom stereocenters. The molecule has 0 aliphatic heterocycles. The zero-order chi connectivity index (χ0) is 13.9. The largest absolute Gasteiger partial charge is 0.416 e. The van der Waals surface area contributed by atoms with Gasteiger partial charge >= 0.3 is 12.4 Å². The fourth-order valence-electron chi connectivity index (χ4n) is 0.956. The van der Waals surface area contributed by atoms with E-state index in [1.165, 1.54) is 6.92 Å². The van der Waals surface area contributed by atoms with Crippen LogP contribution in [0.15, 0.2) is 23.3 Å². The van der Waals surface area contributed by atoms with Crippen molar-refractivity contribution < 1.29 is 26.3 Å². The molecule has 0 bridgehead atoms. The summed E-state index contributed by atoms with van der Waals surface area (Å²) in [5.41, 5.74) is -0.871. The van der Waals surface area contributed by atoms with Crippen molar-refractivity contribution >= 4 is 0 Å². The van der Waals surface area contributed by atoms with E-state index < -0.39 is 23.8 Å². The zero-order valence-electron chi connectivity index (χ0n) is 9.71. The molecule has 0 aromatic rings. The quantitative estimate of drug-likeness (QED) is 0.493. The third-order valence-corrected chi connectivity index (χ3v) is 2.23. The lowest BCUT2D eigenvalue weighted by Gasteiger charge is -2.15. The maximum Gasteiger partial charge on any atom is 0.416 e. The Morgan fingerprint density at radius 2 is 1.59 bits per heavy atom. The molecule has 0 N–H and O–H groups in total. The van der Waals surface area contributed by atoms with Gasteiger partial charge in [-0.3, -0.25) is 0 Å². The average molecular weight is 260 g/mol. The van der Waals surface area contributed by atoms with Crippen LogP contribution in [0.1, 0.15) is 27.2 Å². The minimum atomic E-state index is -4.77. The number of halogens is 6. The molecule has 0 spiro atoms. The van der Waals surface area contributed by atoms with Crippen LogP contribution < -0.4 is 0 Å². The van der Waals surface area contributed by atoms with E-state index in [1.807, 2.05) is 0 Å². The average Bonchev–Trinajstić information content (AvgIpc) is 2.13. The lowest BCUT2D eigenvalue weighted by atomic mass is 10.0. The Balaban J connectivity index is 5.29. The summed E-state index contributed by atoms with van der Waals surface area (Å²) in [5, 5.41) is 0. The Labute approximate surface area is 96.0 Å². The van der Waals surface area contributed by atoms with E-state index in [4.69, 9.17) is 0 Å². The molecule has 0 aliphatic carbocycles. The highest BCUT2D eigenvalue weighted by molar-refractivity contribution is 5.28. The number of hydrogen-bond donors (Lipinski definition) is 0. The Morgan fingerprint density at radius 3 is 1.88 bits per heavy atom. The van der Waals surface area contributed by atoms with Crippen molar-refractivity contribution in [2.24, 2.45) is 5.92 Å². The second-order valence-corrected chi connectivity index (χ2v) is 3.79. The zero-order valence-corrected chi connectivity index (χ0v) is 9.71. The van der Waals surface area contributed by atoms with Crippen molar-refractivity contribution in [2.75, 3.05) is 0 Å². The predicted molar refractivity (Wildman–Crippen MR) is 53.4 cm³/mol. The van der Waals surface area contributed by atoms with Crippen LogP contribution in [0.2, 0.25) is 0 Å². The fourth-order valence-corrected chi connectivity index (χ4v) is 0.956. The summed E-state index contributed by atoms with van der Waals surface area (Å²) >= 11 is 0. The molecular formula is C11H14F6. The second kappa shape index (κ2) is 5.60. The smallest absolute Gasteiger partial charge is 0.170 e. The van der Waals surface area contributed by atoms with Gasteiger partial charge in [0.25, 0.3) is 0 Å². The number of rotatable bonds is 3. The van der Waals surface area contributed by atoms with Gasteiger partial charge in [-0.05, 0) is 13.3 Å². The fraction of sp³-hybridized carbons (Fsp3) is 0.636. The van der Waals surface area contributed by atoms with Gasteiger partial charge in [0.2, 0.25) is 0 Å². The standard InChI is InChI=1S/C11H14F6/c1-4-7(2)5-9(11(15,16)17)6-8(3)10(12,13)14/h5-6,8H,4H2,1-3H3/b7-5+,9-6+. The van der Waals surface area contributed by atoms with Crippen LogP contribution in [0.5, 0.6) is 0 Å². The second-order valence-electron chi connectivity index (χ2n) is 3.79. The van der Waals surface area contributed by atoms with E-state index in [0.717, 1.165) is 6.08 Å². The number of alkyl halides is 6. The Kier molecular flexibility index (Phi) is 5.29. The molecule has 0 heterocycles. The van der Waals surface area contributed by atoms with Crippen molar-refractivity contribution in [1.82, 2.24) is 0 Å². The summed E-state index contributed by atoms with van der Waals surface area (Å²) in [4.78, 5) is 0. The van der Waals surface area contributed by atoms with Crippen LogP contribution >= 0.6 is 0 Å². The van der Waals surface area contributed by atoms with Crippen LogP contribution in [0, 0.1) is 5.92 Å². The lowest BCUT2D eigenvalue weighted by Crippen LogP contribution is -2.20. The summed E-state index contributed by atoms with van der Waals surface area (Å²) in [6, 6.07) is 0. The summed E-state index contributed by atoms with van der Waals surface area (Å²) in [7, 11) is 0. The molecule has 0 fully saturated rings. The van der Waals surface area contributed by atoms with Gasteiger partial charge in [0.1, 0.15) is 0 Å².